The summed E-state index contributed by atoms with van der Waals surface area (Å²) < 4.78 is 4.90. The van der Waals surface area contributed by atoms with Crippen LogP contribution in [0.25, 0.3) is 0 Å². The van der Waals surface area contributed by atoms with Crippen LogP contribution < -0.4 is 31.9 Å². The highest BCUT2D eigenvalue weighted by atomic mass is 32.1. The Kier molecular flexibility index (Phi) is 17.0. The lowest BCUT2D eigenvalue weighted by Gasteiger charge is -2.39. The Morgan fingerprint density at radius 2 is 1.55 bits per heavy atom. The van der Waals surface area contributed by atoms with Crippen LogP contribution in [0.15, 0.2) is 46.9 Å². The van der Waals surface area contributed by atoms with Gasteiger partial charge in [0.2, 0.25) is 29.5 Å². The first-order chi connectivity index (χ1) is 27.0. The third-order valence-electron chi connectivity index (χ3n) is 9.92. The van der Waals surface area contributed by atoms with E-state index in [1.54, 1.807) is 11.6 Å². The van der Waals surface area contributed by atoms with Crippen molar-refractivity contribution in [3.63, 3.8) is 0 Å². The van der Waals surface area contributed by atoms with Crippen LogP contribution in [0.5, 0.6) is 0 Å². The predicted molar refractivity (Wildman–Crippen MR) is 225 cm³/mol. The molecular weight excluding hydrogens is 761 g/mol. The zero-order valence-electron chi connectivity index (χ0n) is 36.0. The van der Waals surface area contributed by atoms with E-state index in [-0.39, 0.29) is 24.1 Å². The highest BCUT2D eigenvalue weighted by Gasteiger charge is 2.41. The monoisotopic (exact) mass is 824 g/mol. The van der Waals surface area contributed by atoms with E-state index in [9.17, 15) is 28.8 Å². The summed E-state index contributed by atoms with van der Waals surface area (Å²) in [5.41, 5.74) is -0.732. The number of aliphatic imine (C=N–C) groups is 1. The zero-order valence-corrected chi connectivity index (χ0v) is 36.8. The Balaban J connectivity index is 2.10. The van der Waals surface area contributed by atoms with Gasteiger partial charge >= 0.3 is 5.97 Å². The van der Waals surface area contributed by atoms with E-state index in [1.807, 2.05) is 106 Å². The molecule has 7 atom stereocenters. The fourth-order valence-electron chi connectivity index (χ4n) is 6.58. The number of ether oxygens (including phenoxy) is 1. The van der Waals surface area contributed by atoms with Gasteiger partial charge in [-0.3, -0.25) is 33.8 Å². The van der Waals surface area contributed by atoms with Gasteiger partial charge in [0.1, 0.15) is 41.6 Å². The van der Waals surface area contributed by atoms with Crippen LogP contribution in [0.3, 0.4) is 0 Å². The molecule has 0 bridgehead atoms. The van der Waals surface area contributed by atoms with Gasteiger partial charge in [0.25, 0.3) is 0 Å². The normalized spacial score (nSPS) is 20.5. The van der Waals surface area contributed by atoms with Crippen molar-refractivity contribution in [3.8, 4) is 0 Å². The summed E-state index contributed by atoms with van der Waals surface area (Å²) in [7, 11) is 1.27. The van der Waals surface area contributed by atoms with Crippen LogP contribution in [-0.2, 0) is 33.5 Å². The van der Waals surface area contributed by atoms with E-state index in [0.717, 1.165) is 5.56 Å². The molecule has 2 aromatic rings. The molecule has 0 saturated carbocycles. The second-order valence-electron chi connectivity index (χ2n) is 17.8. The molecule has 0 spiro atoms. The quantitative estimate of drug-likeness (QED) is 0.162. The molecule has 0 aliphatic carbocycles. The summed E-state index contributed by atoms with van der Waals surface area (Å²) in [4.78, 5) is 91.5. The molecule has 1 aliphatic rings. The van der Waals surface area contributed by atoms with E-state index in [0.29, 0.717) is 11.4 Å². The van der Waals surface area contributed by atoms with Crippen molar-refractivity contribution in [2.45, 2.75) is 131 Å². The van der Waals surface area contributed by atoms with Crippen LogP contribution in [0.1, 0.15) is 112 Å². The Labute approximate surface area is 347 Å². The second kappa shape index (κ2) is 20.7. The molecule has 3 rings (SSSR count). The molecule has 2 heterocycles. The van der Waals surface area contributed by atoms with Gasteiger partial charge in [-0.15, -0.1) is 11.3 Å². The Hall–Kier alpha value is -4.86. The van der Waals surface area contributed by atoms with Gasteiger partial charge in [-0.25, -0.2) is 4.98 Å². The Morgan fingerprint density at radius 1 is 0.897 bits per heavy atom. The molecule has 0 saturated heterocycles. The van der Waals surface area contributed by atoms with Crippen molar-refractivity contribution in [2.24, 2.45) is 27.7 Å². The SMILES string of the molecule is COC(=O)C[C@@H](NC(=O)[C@@H](NC(=O)[C@@H](NC1=NCC(=O)N[C@@H](CC(C)C)C(=O)N[C@@H](C(C)C)C(=O)N[C@H]1C(C)(C)C)C(C)(C)C)[C@@H](C)c1ccccc1)c1nccs1. The average Bonchev–Trinajstić information content (AvgIpc) is 3.68. The number of esters is 1. The van der Waals surface area contributed by atoms with Crippen LogP contribution in [0, 0.1) is 22.7 Å². The summed E-state index contributed by atoms with van der Waals surface area (Å²) in [5, 5.41) is 20.2. The number of nitrogens with one attached hydrogen (secondary N) is 6. The minimum atomic E-state index is -1.13. The Bertz CT molecular complexity index is 1750. The number of rotatable bonds is 13. The third-order valence-corrected chi connectivity index (χ3v) is 10.8. The molecule has 320 valence electrons. The molecular formula is C42H64N8O7S. The number of methoxy groups -OCH3 is 1. The number of carbonyl (C=O) groups is 6. The largest absolute Gasteiger partial charge is 0.469 e. The lowest BCUT2D eigenvalue weighted by molar-refractivity contribution is -0.141. The van der Waals surface area contributed by atoms with Crippen molar-refractivity contribution >= 4 is 52.7 Å². The van der Waals surface area contributed by atoms with Crippen LogP contribution in [-0.4, -0.2) is 90.2 Å². The fourth-order valence-corrected chi connectivity index (χ4v) is 7.27. The summed E-state index contributed by atoms with van der Waals surface area (Å²) in [6, 6.07) is 3.60. The number of amidine groups is 1. The maximum absolute atomic E-state index is 14.7. The molecule has 5 amide bonds. The van der Waals surface area contributed by atoms with Gasteiger partial charge < -0.3 is 36.6 Å². The number of hydrogen-bond donors (Lipinski definition) is 6. The van der Waals surface area contributed by atoms with Crippen molar-refractivity contribution in [3.05, 3.63) is 52.5 Å². The molecule has 6 N–H and O–H groups in total. The van der Waals surface area contributed by atoms with Crippen LogP contribution >= 0.6 is 11.3 Å². The van der Waals surface area contributed by atoms with E-state index >= 15 is 0 Å². The third kappa shape index (κ3) is 13.6. The number of thiazole rings is 1. The minimum absolute atomic E-state index is 0.0638. The summed E-state index contributed by atoms with van der Waals surface area (Å²) >= 11 is 1.28. The summed E-state index contributed by atoms with van der Waals surface area (Å²) in [6.45, 7) is 20.2. The summed E-state index contributed by atoms with van der Waals surface area (Å²) in [6.07, 6.45) is 1.75. The van der Waals surface area contributed by atoms with E-state index in [2.05, 4.69) is 36.9 Å². The highest BCUT2D eigenvalue weighted by Crippen LogP contribution is 2.27. The first-order valence-electron chi connectivity index (χ1n) is 19.9. The molecule has 0 radical (unpaired) electrons. The van der Waals surface area contributed by atoms with Crippen LogP contribution in [0.2, 0.25) is 0 Å². The number of carbonyl (C=O) groups excluding carboxylic acids is 6. The van der Waals surface area contributed by atoms with Gasteiger partial charge in [-0.1, -0.05) is 106 Å². The lowest BCUT2D eigenvalue weighted by atomic mass is 9.82. The smallest absolute Gasteiger partial charge is 0.308 e. The average molecular weight is 825 g/mol. The standard InChI is InChI=1S/C42H64N8O7S/c1-23(2)20-27-36(53)47-31(24(3)4)37(54)50-33(41(6,7)8)35(44-22-29(51)45-27)49-34(42(9,10)11)39(56)48-32(25(5)26-16-14-13-15-17-26)38(55)46-28(21-30(52)57-12)40-43-18-19-58-40/h13-19,23-25,27-28,31-34H,20-22H2,1-12H3,(H,44,49)(H,45,51)(H,46,55)(H,47,53)(H,48,56)(H,50,54)/t25-,27-,28+,31-,32-,33+,34+/m0/s1. The first kappa shape index (κ1) is 47.5. The zero-order chi connectivity index (χ0) is 43.5. The number of amides is 5. The van der Waals surface area contributed by atoms with E-state index < -0.39 is 95.0 Å². The minimum Gasteiger partial charge on any atom is -0.469 e. The van der Waals surface area contributed by atoms with Gasteiger partial charge in [-0.2, -0.15) is 0 Å². The predicted octanol–water partition coefficient (Wildman–Crippen LogP) is 3.77. The number of aromatic nitrogens is 1. The topological polar surface area (TPSA) is 209 Å². The molecule has 15 nitrogen and oxygen atoms in total. The maximum atomic E-state index is 14.7. The van der Waals surface area contributed by atoms with Crippen molar-refractivity contribution in [1.29, 1.82) is 0 Å². The number of nitrogens with zero attached hydrogens (tertiary/aromatic N) is 2. The van der Waals surface area contributed by atoms with Gasteiger partial charge in [0.05, 0.1) is 25.6 Å². The second-order valence-corrected chi connectivity index (χ2v) is 18.8. The molecule has 0 fully saturated rings. The molecule has 58 heavy (non-hydrogen) atoms. The van der Waals surface area contributed by atoms with Crippen molar-refractivity contribution in [1.82, 2.24) is 36.9 Å². The maximum Gasteiger partial charge on any atom is 0.308 e. The van der Waals surface area contributed by atoms with Crippen LogP contribution in [0.4, 0.5) is 0 Å². The first-order valence-corrected chi connectivity index (χ1v) is 20.7. The van der Waals surface area contributed by atoms with Gasteiger partial charge in [0, 0.05) is 17.5 Å². The fraction of sp³-hybridized carbons (Fsp3) is 0.619. The van der Waals surface area contributed by atoms with Gasteiger partial charge in [0.15, 0.2) is 0 Å². The van der Waals surface area contributed by atoms with E-state index in [4.69, 9.17) is 9.73 Å². The Morgan fingerprint density at radius 3 is 2.09 bits per heavy atom. The molecule has 1 aromatic heterocycles. The molecule has 1 aliphatic heterocycles. The number of benzene rings is 1. The number of hydrogen-bond acceptors (Lipinski definition) is 11. The molecule has 1 aromatic carbocycles. The van der Waals surface area contributed by atoms with Crippen molar-refractivity contribution < 1.29 is 33.5 Å². The highest BCUT2D eigenvalue weighted by molar-refractivity contribution is 7.09. The lowest BCUT2D eigenvalue weighted by Crippen LogP contribution is -2.65. The summed E-state index contributed by atoms with van der Waals surface area (Å²) in [5.74, 6) is -3.63. The molecule has 0 unspecified atom stereocenters. The van der Waals surface area contributed by atoms with Crippen molar-refractivity contribution in [2.75, 3.05) is 13.7 Å². The van der Waals surface area contributed by atoms with E-state index in [1.165, 1.54) is 18.4 Å². The van der Waals surface area contributed by atoms with Gasteiger partial charge in [-0.05, 0) is 34.7 Å². The molecule has 16 heteroatoms.